The Labute approximate surface area is 429 Å². The van der Waals surface area contributed by atoms with E-state index >= 15 is 0 Å². The van der Waals surface area contributed by atoms with E-state index in [9.17, 15) is 14.4 Å². The van der Waals surface area contributed by atoms with E-state index in [0.29, 0.717) is 36.3 Å². The molecule has 0 aromatic heterocycles. The Morgan fingerprint density at radius 3 is 0.507 bits per heavy atom. The van der Waals surface area contributed by atoms with E-state index in [1.807, 2.05) is 18.2 Å². The normalized spacial score (nSPS) is 11.3. The summed E-state index contributed by atoms with van der Waals surface area (Å²) in [7, 11) is 0. The van der Waals surface area contributed by atoms with E-state index in [4.69, 9.17) is 0 Å². The fourth-order valence-electron chi connectivity index (χ4n) is 10.0. The van der Waals surface area contributed by atoms with Gasteiger partial charge < -0.3 is 16.0 Å². The van der Waals surface area contributed by atoms with Gasteiger partial charge in [0.1, 0.15) is 0 Å². The number of anilines is 3. The summed E-state index contributed by atoms with van der Waals surface area (Å²) in [6.07, 6.45) is 64.3. The minimum absolute atomic E-state index is 0.0116. The van der Waals surface area contributed by atoms with Gasteiger partial charge in [0.15, 0.2) is 0 Å². The van der Waals surface area contributed by atoms with Crippen molar-refractivity contribution in [2.45, 2.75) is 348 Å². The smallest absolute Gasteiger partial charge is 0.224 e. The van der Waals surface area contributed by atoms with Crippen LogP contribution in [0.15, 0.2) is 18.2 Å². The van der Waals surface area contributed by atoms with Crippen LogP contribution in [0.5, 0.6) is 0 Å². The molecular weight excluding hydrogens is 847 g/mol. The van der Waals surface area contributed by atoms with Crippen LogP contribution in [0.2, 0.25) is 0 Å². The Bertz CT molecular complexity index is 1120. The summed E-state index contributed by atoms with van der Waals surface area (Å²) in [6, 6.07) is 5.51. The number of benzene rings is 1. The van der Waals surface area contributed by atoms with Crippen molar-refractivity contribution in [3.8, 4) is 0 Å². The molecule has 3 N–H and O–H groups in total. The average Bonchev–Trinajstić information content (AvgIpc) is 3.33. The molecule has 0 atom stereocenters. The lowest BCUT2D eigenvalue weighted by Gasteiger charge is -2.13. The van der Waals surface area contributed by atoms with E-state index in [0.717, 1.165) is 38.5 Å². The largest absolute Gasteiger partial charge is 0.326 e. The highest BCUT2D eigenvalue weighted by atomic mass is 16.2. The molecule has 0 heterocycles. The Morgan fingerprint density at radius 1 is 0.232 bits per heavy atom. The first-order valence-electron chi connectivity index (χ1n) is 31.0. The fraction of sp³-hybridized carbons (Fsp3) is 0.857. The van der Waals surface area contributed by atoms with Crippen LogP contribution in [-0.4, -0.2) is 17.7 Å². The van der Waals surface area contributed by atoms with Gasteiger partial charge in [-0.25, -0.2) is 0 Å². The number of rotatable bonds is 54. The van der Waals surface area contributed by atoms with Crippen molar-refractivity contribution >= 4 is 34.8 Å². The quantitative estimate of drug-likeness (QED) is 0.0569. The Morgan fingerprint density at radius 2 is 0.362 bits per heavy atom. The second kappa shape index (κ2) is 52.0. The van der Waals surface area contributed by atoms with E-state index < -0.39 is 0 Å². The molecule has 0 saturated carbocycles. The molecule has 0 aliphatic heterocycles. The maximum Gasteiger partial charge on any atom is 0.224 e. The summed E-state index contributed by atoms with van der Waals surface area (Å²) in [6.45, 7) is 6.85. The molecule has 1 aromatic rings. The van der Waals surface area contributed by atoms with Gasteiger partial charge in [0, 0.05) is 36.3 Å². The van der Waals surface area contributed by atoms with E-state index in [1.54, 1.807) is 0 Å². The zero-order valence-electron chi connectivity index (χ0n) is 46.5. The van der Waals surface area contributed by atoms with Crippen molar-refractivity contribution < 1.29 is 14.4 Å². The summed E-state index contributed by atoms with van der Waals surface area (Å²) >= 11 is 0. The van der Waals surface area contributed by atoms with Crippen LogP contribution < -0.4 is 16.0 Å². The first-order chi connectivity index (χ1) is 34.0. The fourth-order valence-corrected chi connectivity index (χ4v) is 10.0. The molecule has 0 radical (unpaired) electrons. The molecule has 0 bridgehead atoms. The molecule has 0 aliphatic carbocycles. The predicted molar refractivity (Wildman–Crippen MR) is 305 cm³/mol. The molecule has 1 rings (SSSR count). The average molecular weight is 965 g/mol. The summed E-state index contributed by atoms with van der Waals surface area (Å²) in [5.74, 6) is -0.0349. The van der Waals surface area contributed by atoms with Gasteiger partial charge in [-0.1, -0.05) is 310 Å². The minimum atomic E-state index is -0.0116. The molecule has 402 valence electrons. The number of carbonyl (C=O) groups is 3. The second-order valence-corrected chi connectivity index (χ2v) is 21.6. The molecule has 0 saturated heterocycles. The topological polar surface area (TPSA) is 87.3 Å². The van der Waals surface area contributed by atoms with Gasteiger partial charge in [-0.3, -0.25) is 14.4 Å². The first kappa shape index (κ1) is 64.6. The van der Waals surface area contributed by atoms with Gasteiger partial charge in [0.25, 0.3) is 0 Å². The molecule has 6 nitrogen and oxygen atoms in total. The third-order valence-electron chi connectivity index (χ3n) is 14.6. The van der Waals surface area contributed by atoms with Crippen LogP contribution in [0.1, 0.15) is 348 Å². The van der Waals surface area contributed by atoms with E-state index in [1.165, 1.54) is 270 Å². The second-order valence-electron chi connectivity index (χ2n) is 21.6. The lowest BCUT2D eigenvalue weighted by atomic mass is 10.0. The molecule has 0 unspecified atom stereocenters. The lowest BCUT2D eigenvalue weighted by molar-refractivity contribution is -0.117. The first-order valence-corrected chi connectivity index (χ1v) is 31.0. The van der Waals surface area contributed by atoms with E-state index in [2.05, 4.69) is 36.7 Å². The summed E-state index contributed by atoms with van der Waals surface area (Å²) in [5, 5.41) is 9.25. The van der Waals surface area contributed by atoms with E-state index in [-0.39, 0.29) is 17.7 Å². The van der Waals surface area contributed by atoms with Gasteiger partial charge in [-0.05, 0) is 37.5 Å². The summed E-state index contributed by atoms with van der Waals surface area (Å²) < 4.78 is 0. The number of carbonyl (C=O) groups excluding carboxylic acids is 3. The Kier molecular flexibility index (Phi) is 48.7. The maximum absolute atomic E-state index is 13.1. The third kappa shape index (κ3) is 46.5. The number of hydrogen-bond donors (Lipinski definition) is 3. The van der Waals surface area contributed by atoms with Crippen molar-refractivity contribution in [1.82, 2.24) is 0 Å². The number of hydrogen-bond acceptors (Lipinski definition) is 3. The van der Waals surface area contributed by atoms with Gasteiger partial charge in [0.2, 0.25) is 17.7 Å². The van der Waals surface area contributed by atoms with Crippen LogP contribution in [-0.2, 0) is 14.4 Å². The number of amides is 3. The third-order valence-corrected chi connectivity index (χ3v) is 14.6. The molecule has 0 spiro atoms. The van der Waals surface area contributed by atoms with Crippen molar-refractivity contribution in [2.24, 2.45) is 0 Å². The van der Waals surface area contributed by atoms with Gasteiger partial charge in [-0.15, -0.1) is 0 Å². The highest BCUT2D eigenvalue weighted by molar-refractivity contribution is 5.97. The minimum Gasteiger partial charge on any atom is -0.326 e. The number of unbranched alkanes of at least 4 members (excludes halogenated alkanes) is 45. The van der Waals surface area contributed by atoms with Crippen LogP contribution in [0.25, 0.3) is 0 Å². The van der Waals surface area contributed by atoms with Crippen LogP contribution in [0.4, 0.5) is 17.1 Å². The highest BCUT2D eigenvalue weighted by Crippen LogP contribution is 2.25. The zero-order valence-corrected chi connectivity index (χ0v) is 46.5. The van der Waals surface area contributed by atoms with Crippen molar-refractivity contribution in [3.05, 3.63) is 18.2 Å². The Balaban J connectivity index is 2.42. The maximum atomic E-state index is 13.1. The van der Waals surface area contributed by atoms with Crippen LogP contribution in [0, 0.1) is 0 Å². The van der Waals surface area contributed by atoms with Crippen LogP contribution >= 0.6 is 0 Å². The monoisotopic (exact) mass is 964 g/mol. The van der Waals surface area contributed by atoms with Crippen molar-refractivity contribution in [2.75, 3.05) is 16.0 Å². The zero-order chi connectivity index (χ0) is 49.8. The number of nitrogens with one attached hydrogen (secondary N) is 3. The van der Waals surface area contributed by atoms with Gasteiger partial charge >= 0.3 is 0 Å². The predicted octanol–water partition coefficient (Wildman–Crippen LogP) is 21.5. The standard InChI is InChI=1S/C63H117N3O3/c1-4-7-10-13-16-19-22-25-28-31-34-37-40-43-46-49-52-61(67)64-58-55-59(65-62(68)53-50-47-44-41-38-35-32-29-26-23-20-17-14-11-8-5-2)57-60(56-58)66-63(69)54-51-48-45-42-39-36-33-30-27-24-21-18-15-12-9-6-3/h55-57H,4-54H2,1-3H3,(H,64,67)(H,65,68)(H,66,69). The highest BCUT2D eigenvalue weighted by Gasteiger charge is 2.11. The van der Waals surface area contributed by atoms with Crippen molar-refractivity contribution in [1.29, 1.82) is 0 Å². The Hall–Kier alpha value is -2.37. The SMILES string of the molecule is CCCCCCCCCCCCCCCCCCC(=O)Nc1cc(NC(=O)CCCCCCCCCCCCCCCCCC)cc(NC(=O)CCCCCCCCCCCCCCCCCC)c1. The molecule has 0 aliphatic rings. The molecule has 3 amide bonds. The molecule has 1 aromatic carbocycles. The van der Waals surface area contributed by atoms with Gasteiger partial charge in [-0.2, -0.15) is 0 Å². The molecular formula is C63H117N3O3. The lowest BCUT2D eigenvalue weighted by Crippen LogP contribution is -2.15. The summed E-state index contributed by atoms with van der Waals surface area (Å²) in [5.41, 5.74) is 1.86. The molecule has 0 fully saturated rings. The van der Waals surface area contributed by atoms with Crippen molar-refractivity contribution in [3.63, 3.8) is 0 Å². The molecule has 69 heavy (non-hydrogen) atoms. The van der Waals surface area contributed by atoms with Gasteiger partial charge in [0.05, 0.1) is 0 Å². The van der Waals surface area contributed by atoms with Crippen LogP contribution in [0.3, 0.4) is 0 Å². The molecule has 6 heteroatoms. The summed E-state index contributed by atoms with van der Waals surface area (Å²) in [4.78, 5) is 39.3.